The molecule has 0 aliphatic heterocycles. The molecule has 2 rings (SSSR count). The first kappa shape index (κ1) is 8.81. The van der Waals surface area contributed by atoms with Gasteiger partial charge in [-0.05, 0) is 31.2 Å². The van der Waals surface area contributed by atoms with Gasteiger partial charge < -0.3 is 8.83 Å². The molecule has 3 nitrogen and oxygen atoms in total. The summed E-state index contributed by atoms with van der Waals surface area (Å²) >= 11 is 0. The molecule has 0 unspecified atom stereocenters. The summed E-state index contributed by atoms with van der Waals surface area (Å²) in [5.74, 6) is 1.61. The van der Waals surface area contributed by atoms with Crippen LogP contribution in [0.2, 0.25) is 0 Å². The highest BCUT2D eigenvalue weighted by atomic mass is 16.3. The lowest BCUT2D eigenvalue weighted by molar-refractivity contribution is 0.481. The first-order valence-electron chi connectivity index (χ1n) is 4.46. The van der Waals surface area contributed by atoms with Gasteiger partial charge in [0.2, 0.25) is 0 Å². The molecule has 0 radical (unpaired) electrons. The van der Waals surface area contributed by atoms with Crippen molar-refractivity contribution < 1.29 is 8.83 Å². The summed E-state index contributed by atoms with van der Waals surface area (Å²) in [5.41, 5.74) is 0. The Bertz CT molecular complexity index is 387. The largest absolute Gasteiger partial charge is 0.467 e. The van der Waals surface area contributed by atoms with Gasteiger partial charge in [-0.1, -0.05) is 0 Å². The molecule has 0 aromatic carbocycles. The zero-order valence-electron chi connectivity index (χ0n) is 7.88. The van der Waals surface area contributed by atoms with Crippen LogP contribution < -0.4 is 0 Å². The highest BCUT2D eigenvalue weighted by Gasteiger charge is 2.04. The van der Waals surface area contributed by atoms with Crippen LogP contribution in [0.4, 0.5) is 0 Å². The third-order valence-electron chi connectivity index (χ3n) is 1.92. The van der Waals surface area contributed by atoms with Crippen LogP contribution in [-0.4, -0.2) is 6.21 Å². The molecule has 1 atom stereocenters. The van der Waals surface area contributed by atoms with Crippen molar-refractivity contribution in [3.63, 3.8) is 0 Å². The van der Waals surface area contributed by atoms with Crippen LogP contribution in [0.5, 0.6) is 0 Å². The Kier molecular flexibility index (Phi) is 2.49. The Balaban J connectivity index is 2.05. The van der Waals surface area contributed by atoms with Gasteiger partial charge in [0.1, 0.15) is 17.6 Å². The number of nitrogens with zero attached hydrogens (tertiary/aromatic N) is 1. The molecule has 2 aromatic rings. The van der Waals surface area contributed by atoms with Gasteiger partial charge in [0, 0.05) is 0 Å². The van der Waals surface area contributed by atoms with Gasteiger partial charge in [-0.2, -0.15) is 0 Å². The zero-order valence-corrected chi connectivity index (χ0v) is 7.88. The maximum Gasteiger partial charge on any atom is 0.144 e. The van der Waals surface area contributed by atoms with Gasteiger partial charge in [-0.25, -0.2) is 0 Å². The van der Waals surface area contributed by atoms with E-state index in [1.807, 2.05) is 31.2 Å². The third-order valence-corrected chi connectivity index (χ3v) is 1.92. The van der Waals surface area contributed by atoms with Crippen LogP contribution in [0.25, 0.3) is 0 Å². The second-order valence-corrected chi connectivity index (χ2v) is 2.98. The zero-order chi connectivity index (χ0) is 9.80. The highest BCUT2D eigenvalue weighted by Crippen LogP contribution is 2.16. The first-order valence-corrected chi connectivity index (χ1v) is 4.46. The summed E-state index contributed by atoms with van der Waals surface area (Å²) in [7, 11) is 0. The summed E-state index contributed by atoms with van der Waals surface area (Å²) in [5, 5.41) is 0. The van der Waals surface area contributed by atoms with E-state index in [2.05, 4.69) is 4.99 Å². The first-order chi connectivity index (χ1) is 6.86. The van der Waals surface area contributed by atoms with Crippen molar-refractivity contribution in [2.75, 3.05) is 0 Å². The fraction of sp³-hybridized carbons (Fsp3) is 0.182. The molecule has 14 heavy (non-hydrogen) atoms. The Labute approximate surface area is 82.1 Å². The van der Waals surface area contributed by atoms with Crippen molar-refractivity contribution in [1.82, 2.24) is 0 Å². The molecular formula is C11H11NO2. The molecule has 0 N–H and O–H groups in total. The topological polar surface area (TPSA) is 38.6 Å². The molecule has 0 saturated carbocycles. The summed E-state index contributed by atoms with van der Waals surface area (Å²) in [6.45, 7) is 1.97. The summed E-state index contributed by atoms with van der Waals surface area (Å²) < 4.78 is 10.3. The van der Waals surface area contributed by atoms with Crippen molar-refractivity contribution in [3.8, 4) is 0 Å². The Morgan fingerprint density at radius 2 is 2.00 bits per heavy atom. The van der Waals surface area contributed by atoms with E-state index >= 15 is 0 Å². The molecule has 0 aliphatic carbocycles. The van der Waals surface area contributed by atoms with Crippen molar-refractivity contribution in [2.24, 2.45) is 4.99 Å². The normalized spacial score (nSPS) is 13.5. The van der Waals surface area contributed by atoms with E-state index in [-0.39, 0.29) is 6.04 Å². The van der Waals surface area contributed by atoms with Crippen molar-refractivity contribution in [1.29, 1.82) is 0 Å². The summed E-state index contributed by atoms with van der Waals surface area (Å²) in [6.07, 6.45) is 4.97. The van der Waals surface area contributed by atoms with Crippen LogP contribution >= 0.6 is 0 Å². The molecule has 0 saturated heterocycles. The molecular weight excluding hydrogens is 178 g/mol. The number of aliphatic imine (C=N–C) groups is 1. The minimum Gasteiger partial charge on any atom is -0.467 e. The highest BCUT2D eigenvalue weighted by molar-refractivity contribution is 5.75. The minimum atomic E-state index is 0.0232. The standard InChI is InChI=1S/C11H11NO2/c1-9(11-5-3-7-14-11)12-8-10-4-2-6-13-10/h2-9H,1H3/t9-/m1/s1. The van der Waals surface area contributed by atoms with Crippen molar-refractivity contribution in [3.05, 3.63) is 48.3 Å². The van der Waals surface area contributed by atoms with E-state index in [1.54, 1.807) is 18.7 Å². The lowest BCUT2D eigenvalue weighted by Gasteiger charge is -1.99. The van der Waals surface area contributed by atoms with Crippen LogP contribution in [0.1, 0.15) is 24.5 Å². The number of furan rings is 2. The maximum atomic E-state index is 5.22. The van der Waals surface area contributed by atoms with E-state index in [1.165, 1.54) is 0 Å². The van der Waals surface area contributed by atoms with Gasteiger partial charge in [0.05, 0.1) is 18.7 Å². The van der Waals surface area contributed by atoms with Gasteiger partial charge in [0.25, 0.3) is 0 Å². The van der Waals surface area contributed by atoms with Crippen LogP contribution in [0, 0.1) is 0 Å². The van der Waals surface area contributed by atoms with E-state index in [9.17, 15) is 0 Å². The molecule has 0 spiro atoms. The van der Waals surface area contributed by atoms with Crippen LogP contribution in [-0.2, 0) is 0 Å². The van der Waals surface area contributed by atoms with E-state index < -0.39 is 0 Å². The molecule has 0 amide bonds. The molecule has 2 aromatic heterocycles. The predicted octanol–water partition coefficient (Wildman–Crippen LogP) is 3.05. The second kappa shape index (κ2) is 3.96. The molecule has 3 heteroatoms. The lowest BCUT2D eigenvalue weighted by Crippen LogP contribution is -1.87. The number of hydrogen-bond donors (Lipinski definition) is 0. The molecule has 0 bridgehead atoms. The fourth-order valence-corrected chi connectivity index (χ4v) is 1.15. The Morgan fingerprint density at radius 1 is 1.21 bits per heavy atom. The van der Waals surface area contributed by atoms with Gasteiger partial charge >= 0.3 is 0 Å². The maximum absolute atomic E-state index is 5.22. The smallest absolute Gasteiger partial charge is 0.144 e. The lowest BCUT2D eigenvalue weighted by atomic mass is 10.3. The van der Waals surface area contributed by atoms with Gasteiger partial charge in [-0.3, -0.25) is 4.99 Å². The number of hydrogen-bond acceptors (Lipinski definition) is 3. The molecule has 72 valence electrons. The van der Waals surface area contributed by atoms with E-state index in [0.717, 1.165) is 11.5 Å². The molecule has 0 fully saturated rings. The molecule has 0 aliphatic rings. The average Bonchev–Trinajstić information content (AvgIpc) is 2.87. The second-order valence-electron chi connectivity index (χ2n) is 2.98. The SMILES string of the molecule is C[C@@H](N=Cc1ccco1)c1ccco1. The molecule has 2 heterocycles. The Morgan fingerprint density at radius 3 is 2.64 bits per heavy atom. The van der Waals surface area contributed by atoms with Crippen molar-refractivity contribution in [2.45, 2.75) is 13.0 Å². The minimum absolute atomic E-state index is 0.0232. The number of rotatable bonds is 3. The quantitative estimate of drug-likeness (QED) is 0.696. The van der Waals surface area contributed by atoms with E-state index in [0.29, 0.717) is 0 Å². The predicted molar refractivity (Wildman–Crippen MR) is 53.4 cm³/mol. The average molecular weight is 189 g/mol. The summed E-state index contributed by atoms with van der Waals surface area (Å²) in [6, 6.07) is 7.48. The van der Waals surface area contributed by atoms with Gasteiger partial charge in [0.15, 0.2) is 0 Å². The van der Waals surface area contributed by atoms with Crippen LogP contribution in [0.15, 0.2) is 50.6 Å². The monoisotopic (exact) mass is 189 g/mol. The fourth-order valence-electron chi connectivity index (χ4n) is 1.15. The van der Waals surface area contributed by atoms with E-state index in [4.69, 9.17) is 8.83 Å². The van der Waals surface area contributed by atoms with Gasteiger partial charge in [-0.15, -0.1) is 0 Å². The third kappa shape index (κ3) is 1.93. The Hall–Kier alpha value is -1.77. The summed E-state index contributed by atoms with van der Waals surface area (Å²) in [4.78, 5) is 4.30. The van der Waals surface area contributed by atoms with Crippen molar-refractivity contribution >= 4 is 6.21 Å². The van der Waals surface area contributed by atoms with Crippen LogP contribution in [0.3, 0.4) is 0 Å².